The second kappa shape index (κ2) is 18.1. The molecule has 5 aromatic rings. The van der Waals surface area contributed by atoms with Gasteiger partial charge in [0.1, 0.15) is 70.3 Å². The van der Waals surface area contributed by atoms with Crippen LogP contribution in [0, 0.1) is 23.0 Å². The molecule has 3 atom stereocenters. The summed E-state index contributed by atoms with van der Waals surface area (Å²) in [7, 11) is 0. The molecule has 4 aliphatic heterocycles. The van der Waals surface area contributed by atoms with Crippen molar-refractivity contribution in [2.24, 2.45) is 0 Å². The van der Waals surface area contributed by atoms with Crippen molar-refractivity contribution in [2.45, 2.75) is 102 Å². The number of ether oxygens (including phenoxy) is 3. The van der Waals surface area contributed by atoms with Crippen molar-refractivity contribution < 1.29 is 45.3 Å². The Bertz CT molecular complexity index is 2750. The number of anilines is 3. The number of rotatable bonds is 11. The van der Waals surface area contributed by atoms with Gasteiger partial charge in [0.25, 0.3) is 0 Å². The van der Waals surface area contributed by atoms with Gasteiger partial charge in [-0.2, -0.15) is 28.4 Å². The molecule has 0 spiro atoms. The average molecular weight is 952 g/mol. The minimum atomic E-state index is -5.32. The van der Waals surface area contributed by atoms with Gasteiger partial charge in [-0.25, -0.2) is 22.9 Å². The Morgan fingerprint density at radius 1 is 1.09 bits per heavy atom. The minimum Gasteiger partial charge on any atom is -0.490 e. The van der Waals surface area contributed by atoms with E-state index in [-0.39, 0.29) is 70.8 Å². The van der Waals surface area contributed by atoms with Crippen LogP contribution in [0.5, 0.6) is 11.8 Å². The van der Waals surface area contributed by atoms with E-state index in [0.29, 0.717) is 42.7 Å². The number of nitrogen functional groups attached to an aromatic ring is 1. The number of piperidine rings is 1. The lowest BCUT2D eigenvalue weighted by atomic mass is 9.91. The number of nitriles is 1. The van der Waals surface area contributed by atoms with Crippen LogP contribution in [0.2, 0.25) is 0 Å². The van der Waals surface area contributed by atoms with Gasteiger partial charge in [-0.1, -0.05) is 18.6 Å². The van der Waals surface area contributed by atoms with E-state index in [2.05, 4.69) is 20.2 Å². The molecule has 3 aromatic heterocycles. The van der Waals surface area contributed by atoms with E-state index < -0.39 is 80.8 Å². The normalized spacial score (nSPS) is 20.7. The number of pyridine rings is 1. The number of amides is 1. The number of nitrogens with zero attached hydrogens (tertiary/aromatic N) is 7. The summed E-state index contributed by atoms with van der Waals surface area (Å²) in [6.45, 7) is 7.89. The van der Waals surface area contributed by atoms with Crippen LogP contribution in [0.4, 0.5) is 47.8 Å². The number of fused-ring (bicyclic) bond motifs is 2. The fourth-order valence-corrected chi connectivity index (χ4v) is 11.4. The molecule has 3 N–H and O–H groups in total. The van der Waals surface area contributed by atoms with Gasteiger partial charge < -0.3 is 29.7 Å². The van der Waals surface area contributed by atoms with Crippen LogP contribution >= 0.6 is 11.3 Å². The zero-order valence-electron chi connectivity index (χ0n) is 37.4. The lowest BCUT2D eigenvalue weighted by molar-refractivity contribution is -0.138. The fraction of sp³-hybridized carbons (Fsp3) is 0.511. The van der Waals surface area contributed by atoms with Gasteiger partial charge in [-0.3, -0.25) is 10.2 Å². The van der Waals surface area contributed by atoms with E-state index in [0.717, 1.165) is 57.5 Å². The zero-order chi connectivity index (χ0) is 47.4. The van der Waals surface area contributed by atoms with Crippen molar-refractivity contribution in [1.29, 1.82) is 5.26 Å². The molecule has 2 aromatic carbocycles. The van der Waals surface area contributed by atoms with Gasteiger partial charge >= 0.3 is 18.3 Å². The Morgan fingerprint density at radius 3 is 2.61 bits per heavy atom. The SMILES string of the molecule is CC(C)(C)OC(=O)Nc1sc2c(F)ccc(-c3c(C(F)(F)F)c4c5c(nc(OC[C@@]67CCCN6C[C@H](F)C7)nc5c3F)N([C@H](CCCN3CCCCC3)c3cccnc3N)CCO4)c2c1C#N. The van der Waals surface area contributed by atoms with E-state index in [9.17, 15) is 14.4 Å². The first-order chi connectivity index (χ1) is 32.0. The molecule has 0 unspecified atom stereocenters. The molecule has 13 nitrogen and oxygen atoms in total. The molecular weight excluding hydrogens is 901 g/mol. The summed E-state index contributed by atoms with van der Waals surface area (Å²) in [6, 6.07) is 6.22. The number of benzene rings is 2. The van der Waals surface area contributed by atoms with E-state index in [1.165, 1.54) is 6.20 Å². The highest BCUT2D eigenvalue weighted by Crippen LogP contribution is 2.54. The molecule has 0 aliphatic carbocycles. The van der Waals surface area contributed by atoms with Gasteiger partial charge in [0.2, 0.25) is 0 Å². The molecule has 3 fully saturated rings. The molecule has 4 aliphatic rings. The summed E-state index contributed by atoms with van der Waals surface area (Å²) in [5, 5.41) is 11.9. The van der Waals surface area contributed by atoms with Gasteiger partial charge in [0, 0.05) is 35.7 Å². The first kappa shape index (κ1) is 46.5. The number of carbonyl (C=O) groups is 1. The molecule has 9 rings (SSSR count). The third kappa shape index (κ3) is 8.97. The summed E-state index contributed by atoms with van der Waals surface area (Å²) >= 11 is 0.588. The Hall–Kier alpha value is -5.65. The van der Waals surface area contributed by atoms with Gasteiger partial charge in [-0.15, -0.1) is 11.3 Å². The van der Waals surface area contributed by atoms with E-state index in [4.69, 9.17) is 24.9 Å². The van der Waals surface area contributed by atoms with Crippen molar-refractivity contribution >= 4 is 55.1 Å². The van der Waals surface area contributed by atoms with E-state index >= 15 is 22.0 Å². The number of thiophene rings is 1. The first-order valence-electron chi connectivity index (χ1n) is 22.6. The summed E-state index contributed by atoms with van der Waals surface area (Å²) in [4.78, 5) is 32.7. The van der Waals surface area contributed by atoms with Gasteiger partial charge in [0.05, 0.1) is 33.8 Å². The summed E-state index contributed by atoms with van der Waals surface area (Å²) in [6.07, 6.45) is 0.173. The molecule has 0 saturated carbocycles. The molecular formula is C47H51F6N9O4S. The molecule has 20 heteroatoms. The summed E-state index contributed by atoms with van der Waals surface area (Å²) < 4.78 is 114. The van der Waals surface area contributed by atoms with Crippen LogP contribution in [-0.2, 0) is 10.9 Å². The van der Waals surface area contributed by atoms with Gasteiger partial charge in [-0.05, 0) is 103 Å². The van der Waals surface area contributed by atoms with E-state index in [1.54, 1.807) is 37.8 Å². The highest BCUT2D eigenvalue weighted by molar-refractivity contribution is 7.23. The lowest BCUT2D eigenvalue weighted by Crippen LogP contribution is -2.43. The van der Waals surface area contributed by atoms with Crippen LogP contribution < -0.4 is 25.4 Å². The third-order valence-electron chi connectivity index (χ3n) is 13.2. The minimum absolute atomic E-state index is 0.0396. The number of hydrogen-bond donors (Lipinski definition) is 2. The highest BCUT2D eigenvalue weighted by Gasteiger charge is 2.50. The Kier molecular flexibility index (Phi) is 12.6. The second-order valence-corrected chi connectivity index (χ2v) is 19.8. The number of nitrogens with two attached hydrogens (primary N) is 1. The monoisotopic (exact) mass is 951 g/mol. The topological polar surface area (TPSA) is 155 Å². The van der Waals surface area contributed by atoms with Crippen molar-refractivity contribution in [3.63, 3.8) is 0 Å². The van der Waals surface area contributed by atoms with Crippen molar-refractivity contribution in [2.75, 3.05) is 68.4 Å². The maximum atomic E-state index is 18.1. The maximum Gasteiger partial charge on any atom is 0.420 e. The zero-order valence-corrected chi connectivity index (χ0v) is 38.2. The highest BCUT2D eigenvalue weighted by atomic mass is 32.1. The summed E-state index contributed by atoms with van der Waals surface area (Å²) in [5.41, 5.74) is 1.35. The van der Waals surface area contributed by atoms with E-state index in [1.807, 2.05) is 11.0 Å². The number of halogens is 6. The maximum absolute atomic E-state index is 18.1. The van der Waals surface area contributed by atoms with Crippen molar-refractivity contribution in [3.8, 4) is 29.0 Å². The largest absolute Gasteiger partial charge is 0.490 e. The molecule has 0 bridgehead atoms. The fourth-order valence-electron chi connectivity index (χ4n) is 10.4. The first-order valence-corrected chi connectivity index (χ1v) is 23.4. The molecule has 3 saturated heterocycles. The lowest BCUT2D eigenvalue weighted by Gasteiger charge is -2.34. The van der Waals surface area contributed by atoms with Crippen molar-refractivity contribution in [1.82, 2.24) is 24.8 Å². The molecule has 7 heterocycles. The summed E-state index contributed by atoms with van der Waals surface area (Å²) in [5.74, 6) is -3.08. The standard InChI is InChI=1S/C47H51F6N9O4S/c1-45(2,3)66-44(63)59-42-29(23-54)32-28(12-13-30(49)39(32)67-42)33-35(47(51,52)53)38-34-37(36(33)50)57-43(65-25-46-14-9-19-61(46)24-26(48)22-46)58-41(34)62(20-21-64-38)31(27-10-7-15-56-40(27)55)11-8-18-60-16-5-4-6-17-60/h7,10,12-13,15,26,31H,4-6,8-9,11,14,16-22,24-25H2,1-3H3,(H2,55,56)(H,59,63)/t26-,31-,46+/m1/s1. The Labute approximate surface area is 387 Å². The quantitative estimate of drug-likeness (QED) is 0.121. The second-order valence-electron chi connectivity index (χ2n) is 18.7. The number of nitrogens with one attached hydrogen (secondary N) is 1. The Morgan fingerprint density at radius 2 is 1.88 bits per heavy atom. The number of hydrogen-bond acceptors (Lipinski definition) is 13. The van der Waals surface area contributed by atoms with Gasteiger partial charge in [0.15, 0.2) is 5.82 Å². The number of alkyl halides is 4. The predicted octanol–water partition coefficient (Wildman–Crippen LogP) is 10.2. The van der Waals surface area contributed by atoms with Crippen LogP contribution in [0.1, 0.15) is 94.9 Å². The van der Waals surface area contributed by atoms with Crippen LogP contribution in [0.25, 0.3) is 32.1 Å². The average Bonchev–Trinajstić information content (AvgIpc) is 3.89. The van der Waals surface area contributed by atoms with Crippen LogP contribution in [0.3, 0.4) is 0 Å². The van der Waals surface area contributed by atoms with Crippen molar-refractivity contribution in [3.05, 3.63) is 58.8 Å². The number of carbonyl (C=O) groups excluding carboxylic acids is 1. The van der Waals surface area contributed by atoms with Crippen LogP contribution in [-0.4, -0.2) is 101 Å². The molecule has 0 radical (unpaired) electrons. The number of aromatic nitrogens is 3. The molecule has 356 valence electrons. The number of likely N-dealkylation sites (tertiary alicyclic amines) is 1. The smallest absolute Gasteiger partial charge is 0.420 e. The third-order valence-corrected chi connectivity index (χ3v) is 14.3. The predicted molar refractivity (Wildman–Crippen MR) is 242 cm³/mol. The van der Waals surface area contributed by atoms with Crippen LogP contribution in [0.15, 0.2) is 30.5 Å². The molecule has 67 heavy (non-hydrogen) atoms. The molecule has 1 amide bonds. The Balaban J connectivity index is 1.26.